The van der Waals surface area contributed by atoms with Gasteiger partial charge in [-0.25, -0.2) is 9.97 Å². The van der Waals surface area contributed by atoms with Gasteiger partial charge in [0.1, 0.15) is 12.1 Å². The summed E-state index contributed by atoms with van der Waals surface area (Å²) in [5.74, 6) is 0.744. The second-order valence-electron chi connectivity index (χ2n) is 5.84. The smallest absolute Gasteiger partial charge is 0.220 e. The number of carbonyl (C=O) groups excluding carboxylic acids is 1. The average Bonchev–Trinajstić information content (AvgIpc) is 2.97. The largest absolute Gasteiger partial charge is 0.361 e. The summed E-state index contributed by atoms with van der Waals surface area (Å²) in [5.41, 5.74) is 4.49. The predicted octanol–water partition coefficient (Wildman–Crippen LogP) is 3.00. The molecule has 1 amide bonds. The van der Waals surface area contributed by atoms with Crippen molar-refractivity contribution < 1.29 is 9.32 Å². The van der Waals surface area contributed by atoms with Gasteiger partial charge < -0.3 is 9.84 Å². The van der Waals surface area contributed by atoms with Crippen LogP contribution in [0.2, 0.25) is 0 Å². The Kier molecular flexibility index (Phi) is 5.18. The number of amides is 1. The predicted molar refractivity (Wildman–Crippen MR) is 93.6 cm³/mol. The van der Waals surface area contributed by atoms with Gasteiger partial charge in [-0.1, -0.05) is 35.5 Å². The number of benzene rings is 1. The van der Waals surface area contributed by atoms with Crippen LogP contribution in [0.3, 0.4) is 0 Å². The van der Waals surface area contributed by atoms with E-state index < -0.39 is 0 Å². The van der Waals surface area contributed by atoms with Crippen LogP contribution in [0, 0.1) is 13.8 Å². The summed E-state index contributed by atoms with van der Waals surface area (Å²) >= 11 is 0. The highest BCUT2D eigenvalue weighted by atomic mass is 16.5. The molecule has 0 aliphatic rings. The minimum absolute atomic E-state index is 0.0279. The first-order chi connectivity index (χ1) is 12.1. The van der Waals surface area contributed by atoms with Gasteiger partial charge in [0.05, 0.1) is 23.6 Å². The Morgan fingerprint density at radius 3 is 2.68 bits per heavy atom. The monoisotopic (exact) mass is 336 g/mol. The van der Waals surface area contributed by atoms with Crippen molar-refractivity contribution in [3.8, 4) is 11.3 Å². The summed E-state index contributed by atoms with van der Waals surface area (Å²) in [6.07, 6.45) is 2.53. The Hall–Kier alpha value is -3.02. The lowest BCUT2D eigenvalue weighted by Gasteiger charge is -2.06. The van der Waals surface area contributed by atoms with Crippen LogP contribution in [-0.2, 0) is 17.8 Å². The molecule has 0 unspecified atom stereocenters. The molecule has 0 radical (unpaired) electrons. The molecule has 0 bridgehead atoms. The first-order valence-corrected chi connectivity index (χ1v) is 8.18. The van der Waals surface area contributed by atoms with Crippen LogP contribution in [0.25, 0.3) is 11.3 Å². The summed E-state index contributed by atoms with van der Waals surface area (Å²) in [4.78, 5) is 20.6. The molecule has 1 N–H and O–H groups in total. The van der Waals surface area contributed by atoms with E-state index in [-0.39, 0.29) is 5.91 Å². The lowest BCUT2D eigenvalue weighted by Crippen LogP contribution is -2.23. The summed E-state index contributed by atoms with van der Waals surface area (Å²) in [7, 11) is 0. The van der Waals surface area contributed by atoms with E-state index in [1.165, 1.54) is 6.33 Å². The topological polar surface area (TPSA) is 80.9 Å². The van der Waals surface area contributed by atoms with Gasteiger partial charge in [0, 0.05) is 17.5 Å². The lowest BCUT2D eigenvalue weighted by molar-refractivity contribution is -0.121. The van der Waals surface area contributed by atoms with E-state index in [9.17, 15) is 4.79 Å². The maximum absolute atomic E-state index is 12.1. The van der Waals surface area contributed by atoms with Crippen molar-refractivity contribution in [3.05, 3.63) is 65.4 Å². The number of nitrogens with zero attached hydrogens (tertiary/aromatic N) is 3. The Bertz CT molecular complexity index is 839. The number of carbonyl (C=O) groups is 1. The maximum atomic E-state index is 12.1. The minimum Gasteiger partial charge on any atom is -0.361 e. The lowest BCUT2D eigenvalue weighted by atomic mass is 10.1. The summed E-state index contributed by atoms with van der Waals surface area (Å²) in [5, 5.41) is 6.80. The Morgan fingerprint density at radius 2 is 1.96 bits per heavy atom. The summed E-state index contributed by atoms with van der Waals surface area (Å²) in [6.45, 7) is 4.12. The zero-order valence-electron chi connectivity index (χ0n) is 14.3. The number of rotatable bonds is 6. The van der Waals surface area contributed by atoms with Crippen LogP contribution in [0.1, 0.15) is 29.1 Å². The molecule has 6 nitrogen and oxygen atoms in total. The highest BCUT2D eigenvalue weighted by Gasteiger charge is 2.11. The third kappa shape index (κ3) is 4.29. The Labute approximate surface area is 146 Å². The van der Waals surface area contributed by atoms with Gasteiger partial charge >= 0.3 is 0 Å². The van der Waals surface area contributed by atoms with Crippen molar-refractivity contribution in [1.29, 1.82) is 0 Å². The fraction of sp³-hybridized carbons (Fsp3) is 0.263. The van der Waals surface area contributed by atoms with E-state index in [2.05, 4.69) is 20.4 Å². The molecule has 0 saturated heterocycles. The van der Waals surface area contributed by atoms with Crippen LogP contribution >= 0.6 is 0 Å². The molecule has 3 rings (SSSR count). The van der Waals surface area contributed by atoms with Crippen LogP contribution in [-0.4, -0.2) is 21.0 Å². The molecule has 2 aromatic heterocycles. The van der Waals surface area contributed by atoms with Crippen molar-refractivity contribution in [2.75, 3.05) is 0 Å². The molecular formula is C19H20N4O2. The Morgan fingerprint density at radius 1 is 1.16 bits per heavy atom. The van der Waals surface area contributed by atoms with E-state index in [1.54, 1.807) is 0 Å². The zero-order chi connectivity index (χ0) is 17.6. The normalized spacial score (nSPS) is 10.6. The van der Waals surface area contributed by atoms with E-state index in [0.29, 0.717) is 19.4 Å². The Balaban J connectivity index is 1.56. The fourth-order valence-electron chi connectivity index (χ4n) is 2.64. The van der Waals surface area contributed by atoms with Gasteiger partial charge in [0.2, 0.25) is 5.91 Å². The summed E-state index contributed by atoms with van der Waals surface area (Å²) in [6, 6.07) is 11.8. The van der Waals surface area contributed by atoms with Crippen LogP contribution in [0.15, 0.2) is 47.2 Å². The number of aryl methyl sites for hydroxylation is 2. The molecule has 25 heavy (non-hydrogen) atoms. The highest BCUT2D eigenvalue weighted by molar-refractivity contribution is 5.76. The van der Waals surface area contributed by atoms with E-state index in [1.807, 2.05) is 50.2 Å². The maximum Gasteiger partial charge on any atom is 0.220 e. The first kappa shape index (κ1) is 16.8. The van der Waals surface area contributed by atoms with Crippen molar-refractivity contribution >= 4 is 5.91 Å². The molecular weight excluding hydrogens is 316 g/mol. The van der Waals surface area contributed by atoms with E-state index >= 15 is 0 Å². The minimum atomic E-state index is -0.0279. The third-order valence-corrected chi connectivity index (χ3v) is 4.04. The van der Waals surface area contributed by atoms with Gasteiger partial charge in [-0.15, -0.1) is 0 Å². The molecule has 0 saturated carbocycles. The molecule has 0 aliphatic heterocycles. The van der Waals surface area contributed by atoms with Gasteiger partial charge in [-0.05, 0) is 26.3 Å². The molecule has 1 aromatic carbocycles. The quantitative estimate of drug-likeness (QED) is 0.748. The van der Waals surface area contributed by atoms with E-state index in [0.717, 1.165) is 34.0 Å². The molecule has 0 aliphatic carbocycles. The van der Waals surface area contributed by atoms with Gasteiger partial charge in [-0.2, -0.15) is 0 Å². The number of hydrogen-bond acceptors (Lipinski definition) is 5. The van der Waals surface area contributed by atoms with Crippen molar-refractivity contribution in [2.24, 2.45) is 0 Å². The summed E-state index contributed by atoms with van der Waals surface area (Å²) < 4.78 is 5.11. The molecule has 128 valence electrons. The second kappa shape index (κ2) is 7.70. The standard InChI is InChI=1S/C19H20N4O2/c1-13-17(14(2)25-23-13)8-9-19(24)20-11-16-10-18(22-12-21-16)15-6-4-3-5-7-15/h3-7,10,12H,8-9,11H2,1-2H3,(H,20,24). The zero-order valence-corrected chi connectivity index (χ0v) is 14.3. The van der Waals surface area contributed by atoms with Crippen molar-refractivity contribution in [3.63, 3.8) is 0 Å². The molecule has 0 fully saturated rings. The molecule has 6 heteroatoms. The van der Waals surface area contributed by atoms with E-state index in [4.69, 9.17) is 4.52 Å². The molecule has 2 heterocycles. The van der Waals surface area contributed by atoms with Gasteiger partial charge in [0.25, 0.3) is 0 Å². The fourth-order valence-corrected chi connectivity index (χ4v) is 2.64. The average molecular weight is 336 g/mol. The SMILES string of the molecule is Cc1noc(C)c1CCC(=O)NCc1cc(-c2ccccc2)ncn1. The third-order valence-electron chi connectivity index (χ3n) is 4.04. The van der Waals surface area contributed by atoms with Crippen molar-refractivity contribution in [2.45, 2.75) is 33.2 Å². The number of nitrogens with one attached hydrogen (secondary N) is 1. The first-order valence-electron chi connectivity index (χ1n) is 8.18. The molecule has 3 aromatic rings. The van der Waals surface area contributed by atoms with Gasteiger partial charge in [-0.3, -0.25) is 4.79 Å². The number of aromatic nitrogens is 3. The van der Waals surface area contributed by atoms with Crippen LogP contribution in [0.5, 0.6) is 0 Å². The second-order valence-corrected chi connectivity index (χ2v) is 5.84. The van der Waals surface area contributed by atoms with Crippen LogP contribution < -0.4 is 5.32 Å². The number of hydrogen-bond donors (Lipinski definition) is 1. The highest BCUT2D eigenvalue weighted by Crippen LogP contribution is 2.16. The molecule has 0 spiro atoms. The van der Waals surface area contributed by atoms with Crippen LogP contribution in [0.4, 0.5) is 0 Å². The van der Waals surface area contributed by atoms with Gasteiger partial charge in [0.15, 0.2) is 0 Å². The molecule has 0 atom stereocenters. The van der Waals surface area contributed by atoms with Crippen molar-refractivity contribution in [1.82, 2.24) is 20.4 Å².